The first-order valence-electron chi connectivity index (χ1n) is 9.69. The number of anilines is 1. The summed E-state index contributed by atoms with van der Waals surface area (Å²) in [7, 11) is 0. The van der Waals surface area contributed by atoms with Gasteiger partial charge in [-0.05, 0) is 37.5 Å². The highest BCUT2D eigenvalue weighted by Crippen LogP contribution is 2.12. The summed E-state index contributed by atoms with van der Waals surface area (Å²) in [6.07, 6.45) is 4.90. The van der Waals surface area contributed by atoms with Crippen molar-refractivity contribution in [3.05, 3.63) is 53.3 Å². The Hall–Kier alpha value is -2.47. The summed E-state index contributed by atoms with van der Waals surface area (Å²) in [4.78, 5) is 25.3. The van der Waals surface area contributed by atoms with Crippen LogP contribution in [0.4, 0.5) is 5.95 Å². The van der Waals surface area contributed by atoms with Crippen LogP contribution in [0.25, 0.3) is 0 Å². The minimum Gasteiger partial charge on any atom is -0.355 e. The molecule has 1 amide bonds. The van der Waals surface area contributed by atoms with Gasteiger partial charge in [-0.2, -0.15) is 0 Å². The van der Waals surface area contributed by atoms with E-state index in [1.807, 2.05) is 6.07 Å². The van der Waals surface area contributed by atoms with Crippen LogP contribution >= 0.6 is 0 Å². The Morgan fingerprint density at radius 3 is 2.56 bits per heavy atom. The van der Waals surface area contributed by atoms with Gasteiger partial charge in [0.25, 0.3) is 0 Å². The lowest BCUT2D eigenvalue weighted by Gasteiger charge is -2.34. The van der Waals surface area contributed by atoms with Gasteiger partial charge < -0.3 is 10.2 Å². The predicted octanol–water partition coefficient (Wildman–Crippen LogP) is 1.96. The maximum absolute atomic E-state index is 12.1. The molecule has 1 aliphatic rings. The van der Waals surface area contributed by atoms with Gasteiger partial charge in [0.1, 0.15) is 0 Å². The third-order valence-electron chi connectivity index (χ3n) is 5.08. The molecule has 1 N–H and O–H groups in total. The molecule has 1 saturated heterocycles. The van der Waals surface area contributed by atoms with E-state index in [9.17, 15) is 4.79 Å². The van der Waals surface area contributed by atoms with Crippen LogP contribution in [0.15, 0.2) is 36.7 Å². The molecule has 1 fully saturated rings. The lowest BCUT2D eigenvalue weighted by molar-refractivity contribution is -0.121. The third kappa shape index (κ3) is 5.76. The van der Waals surface area contributed by atoms with E-state index in [4.69, 9.17) is 0 Å². The molecular formula is C21H29N5O. The summed E-state index contributed by atoms with van der Waals surface area (Å²) >= 11 is 0. The second-order valence-corrected chi connectivity index (χ2v) is 7.16. The highest BCUT2D eigenvalue weighted by molar-refractivity contribution is 5.76. The molecule has 0 unspecified atom stereocenters. The predicted molar refractivity (Wildman–Crippen MR) is 108 cm³/mol. The molecular weight excluding hydrogens is 338 g/mol. The van der Waals surface area contributed by atoms with E-state index >= 15 is 0 Å². The number of aryl methyl sites for hydroxylation is 3. The molecule has 0 aliphatic carbocycles. The van der Waals surface area contributed by atoms with Crippen molar-refractivity contribution in [1.82, 2.24) is 20.2 Å². The minimum absolute atomic E-state index is 0.131. The Morgan fingerprint density at radius 1 is 1.11 bits per heavy atom. The Bertz CT molecular complexity index is 741. The van der Waals surface area contributed by atoms with Crippen LogP contribution in [0.2, 0.25) is 0 Å². The van der Waals surface area contributed by atoms with Crippen LogP contribution in [-0.2, 0) is 11.2 Å². The highest BCUT2D eigenvalue weighted by atomic mass is 16.1. The van der Waals surface area contributed by atoms with Crippen molar-refractivity contribution in [2.24, 2.45) is 0 Å². The summed E-state index contributed by atoms with van der Waals surface area (Å²) in [5, 5.41) is 3.06. The molecule has 2 heterocycles. The Morgan fingerprint density at radius 2 is 1.85 bits per heavy atom. The van der Waals surface area contributed by atoms with Gasteiger partial charge in [0.15, 0.2) is 0 Å². The van der Waals surface area contributed by atoms with E-state index in [-0.39, 0.29) is 5.91 Å². The van der Waals surface area contributed by atoms with Crippen LogP contribution in [0.1, 0.15) is 23.1 Å². The fourth-order valence-corrected chi connectivity index (χ4v) is 3.44. The Balaban J connectivity index is 1.32. The van der Waals surface area contributed by atoms with Gasteiger partial charge in [0, 0.05) is 58.1 Å². The third-order valence-corrected chi connectivity index (χ3v) is 5.08. The normalized spacial score (nSPS) is 15.0. The van der Waals surface area contributed by atoms with Crippen LogP contribution in [0.5, 0.6) is 0 Å². The summed E-state index contributed by atoms with van der Waals surface area (Å²) in [6, 6.07) is 8.25. The van der Waals surface area contributed by atoms with Gasteiger partial charge in [-0.15, -0.1) is 0 Å². The minimum atomic E-state index is 0.131. The monoisotopic (exact) mass is 367 g/mol. The van der Waals surface area contributed by atoms with Crippen LogP contribution in [0, 0.1) is 13.8 Å². The second-order valence-electron chi connectivity index (χ2n) is 7.16. The second kappa shape index (κ2) is 9.46. The number of amides is 1. The van der Waals surface area contributed by atoms with E-state index in [1.54, 1.807) is 12.4 Å². The number of aromatic nitrogens is 2. The maximum atomic E-state index is 12.1. The molecule has 0 radical (unpaired) electrons. The standard InChI is InChI=1S/C21H29N5O/c1-17-4-5-19(18(2)16-17)6-7-20(27)22-10-11-25-12-14-26(15-13-25)21-23-8-3-9-24-21/h3-5,8-9,16H,6-7,10-15H2,1-2H3,(H,22,27). The molecule has 6 heteroatoms. The molecule has 0 bridgehead atoms. The molecule has 6 nitrogen and oxygen atoms in total. The van der Waals surface area contributed by atoms with Gasteiger partial charge in [-0.25, -0.2) is 9.97 Å². The van der Waals surface area contributed by atoms with E-state index in [2.05, 4.69) is 57.1 Å². The fraction of sp³-hybridized carbons (Fsp3) is 0.476. The van der Waals surface area contributed by atoms with Crippen molar-refractivity contribution in [1.29, 1.82) is 0 Å². The zero-order chi connectivity index (χ0) is 19.1. The molecule has 1 aromatic carbocycles. The smallest absolute Gasteiger partial charge is 0.225 e. The van der Waals surface area contributed by atoms with Gasteiger partial charge in [-0.1, -0.05) is 23.8 Å². The number of hydrogen-bond acceptors (Lipinski definition) is 5. The highest BCUT2D eigenvalue weighted by Gasteiger charge is 2.18. The lowest BCUT2D eigenvalue weighted by Crippen LogP contribution is -2.49. The molecule has 3 rings (SSSR count). The number of nitrogens with one attached hydrogen (secondary N) is 1. The van der Waals surface area contributed by atoms with Gasteiger partial charge >= 0.3 is 0 Å². The van der Waals surface area contributed by atoms with Crippen molar-refractivity contribution in [3.63, 3.8) is 0 Å². The quantitative estimate of drug-likeness (QED) is 0.811. The van der Waals surface area contributed by atoms with Crippen molar-refractivity contribution < 1.29 is 4.79 Å². The molecule has 27 heavy (non-hydrogen) atoms. The molecule has 1 aliphatic heterocycles. The molecule has 0 spiro atoms. The van der Waals surface area contributed by atoms with Gasteiger partial charge in [0.05, 0.1) is 0 Å². The van der Waals surface area contributed by atoms with Crippen LogP contribution < -0.4 is 10.2 Å². The number of carbonyl (C=O) groups excluding carboxylic acids is 1. The van der Waals surface area contributed by atoms with Gasteiger partial charge in [-0.3, -0.25) is 9.69 Å². The summed E-state index contributed by atoms with van der Waals surface area (Å²) in [6.45, 7) is 9.57. The van der Waals surface area contributed by atoms with E-state index < -0.39 is 0 Å². The zero-order valence-corrected chi connectivity index (χ0v) is 16.3. The van der Waals surface area contributed by atoms with Crippen molar-refractivity contribution in [2.45, 2.75) is 26.7 Å². The average Bonchev–Trinajstić information content (AvgIpc) is 2.68. The van der Waals surface area contributed by atoms with Crippen molar-refractivity contribution >= 4 is 11.9 Å². The topological polar surface area (TPSA) is 61.4 Å². The number of piperazine rings is 1. The first-order valence-corrected chi connectivity index (χ1v) is 9.69. The van der Waals surface area contributed by atoms with Crippen molar-refractivity contribution in [2.75, 3.05) is 44.2 Å². The number of nitrogens with zero attached hydrogens (tertiary/aromatic N) is 4. The van der Waals surface area contributed by atoms with E-state index in [0.717, 1.165) is 45.1 Å². The molecule has 1 aromatic heterocycles. The molecule has 0 atom stereocenters. The van der Waals surface area contributed by atoms with Gasteiger partial charge in [0.2, 0.25) is 11.9 Å². The molecule has 144 valence electrons. The van der Waals surface area contributed by atoms with Crippen LogP contribution in [-0.4, -0.2) is 60.0 Å². The van der Waals surface area contributed by atoms with Crippen molar-refractivity contribution in [3.8, 4) is 0 Å². The first kappa shape index (κ1) is 19.3. The summed E-state index contributed by atoms with van der Waals surface area (Å²) in [5.74, 6) is 0.933. The number of hydrogen-bond donors (Lipinski definition) is 1. The summed E-state index contributed by atoms with van der Waals surface area (Å²) < 4.78 is 0. The number of benzene rings is 1. The largest absolute Gasteiger partial charge is 0.355 e. The number of carbonyl (C=O) groups is 1. The van der Waals surface area contributed by atoms with Crippen LogP contribution in [0.3, 0.4) is 0 Å². The SMILES string of the molecule is Cc1ccc(CCC(=O)NCCN2CCN(c3ncccn3)CC2)c(C)c1. The number of rotatable bonds is 7. The maximum Gasteiger partial charge on any atom is 0.225 e. The average molecular weight is 367 g/mol. The molecule has 0 saturated carbocycles. The fourth-order valence-electron chi connectivity index (χ4n) is 3.44. The Labute approximate surface area is 161 Å². The first-order chi connectivity index (χ1) is 13.1. The van der Waals surface area contributed by atoms with E-state index in [0.29, 0.717) is 13.0 Å². The summed E-state index contributed by atoms with van der Waals surface area (Å²) in [5.41, 5.74) is 3.79. The lowest BCUT2D eigenvalue weighted by atomic mass is 10.0. The Kier molecular flexibility index (Phi) is 6.76. The molecule has 2 aromatic rings. The zero-order valence-electron chi connectivity index (χ0n) is 16.3. The van der Waals surface area contributed by atoms with E-state index in [1.165, 1.54) is 16.7 Å².